The maximum atomic E-state index is 13.2. The number of hydrazine groups is 1. The average Bonchev–Trinajstić information content (AvgIpc) is 2.77. The number of carbonyl (C=O) groups is 1. The van der Waals surface area contributed by atoms with E-state index in [4.69, 9.17) is 11.7 Å². The number of amides is 2. The summed E-state index contributed by atoms with van der Waals surface area (Å²) in [5.74, 6) is 10.0. The number of nitrogens with two attached hydrogens (primary N) is 2. The van der Waals surface area contributed by atoms with Gasteiger partial charge in [-0.3, -0.25) is 4.90 Å². The number of anilines is 2. The lowest BCUT2D eigenvalue weighted by Crippen LogP contribution is -2.47. The van der Waals surface area contributed by atoms with Crippen molar-refractivity contribution in [3.05, 3.63) is 47.7 Å². The lowest BCUT2D eigenvalue weighted by molar-refractivity contribution is -0.0523. The van der Waals surface area contributed by atoms with Gasteiger partial charge in [0.05, 0.1) is 0 Å². The summed E-state index contributed by atoms with van der Waals surface area (Å²) in [6.07, 6.45) is 2.88. The largest absolute Gasteiger partial charge is 0.415 e. The molecule has 34 heavy (non-hydrogen) atoms. The molecule has 6 N–H and O–H groups in total. The Bertz CT molecular complexity index is 982. The molecule has 1 saturated carbocycles. The Morgan fingerprint density at radius 3 is 2.41 bits per heavy atom. The maximum Gasteiger partial charge on any atom is 0.388 e. The minimum Gasteiger partial charge on any atom is -0.415 e. The summed E-state index contributed by atoms with van der Waals surface area (Å²) in [5, 5.41) is 5.91. The van der Waals surface area contributed by atoms with E-state index in [1.165, 1.54) is 6.07 Å². The molecular weight excluding hydrogens is 444 g/mol. The minimum absolute atomic E-state index is 0.0813. The third kappa shape index (κ3) is 7.27. The van der Waals surface area contributed by atoms with Gasteiger partial charge in [0.1, 0.15) is 11.5 Å². The highest BCUT2D eigenvalue weighted by Gasteiger charge is 2.32. The Balaban J connectivity index is 0.000000604. The fourth-order valence-electron chi connectivity index (χ4n) is 3.33. The first-order valence-electron chi connectivity index (χ1n) is 11.0. The van der Waals surface area contributed by atoms with Crippen LogP contribution in [-0.4, -0.2) is 29.5 Å². The van der Waals surface area contributed by atoms with Crippen molar-refractivity contribution in [2.45, 2.75) is 65.5 Å². The number of carbonyl (C=O) groups excluding carboxylic acids is 1. The van der Waals surface area contributed by atoms with E-state index in [0.29, 0.717) is 11.5 Å². The van der Waals surface area contributed by atoms with Crippen LogP contribution in [0.15, 0.2) is 41.5 Å². The number of aromatic nitrogens is 1. The Kier molecular flexibility index (Phi) is 9.99. The SMILES string of the molecule is C/C(=N/N)NN.Cc1ccc(NC(=O)N(c2ccccc2C(C)C)C2CCC2)c(OC(F)F)n1. The highest BCUT2D eigenvalue weighted by atomic mass is 19.3. The molecule has 1 aromatic carbocycles. The average molecular weight is 478 g/mol. The molecule has 2 aromatic rings. The molecule has 0 atom stereocenters. The van der Waals surface area contributed by atoms with Crippen LogP contribution in [0.4, 0.5) is 25.0 Å². The maximum absolute atomic E-state index is 13.2. The zero-order valence-electron chi connectivity index (χ0n) is 19.9. The third-order valence-corrected chi connectivity index (χ3v) is 5.32. The standard InChI is InChI=1S/C21H25F2N3O2.C2H8N4/c1-13(2)16-9-4-5-10-18(16)26(15-7-6-8-15)21(27)25-17-12-11-14(3)24-19(17)28-20(22)23;1-2(5-3)6-4/h4-5,9-13,15,20H,6-8H2,1-3H3,(H,25,27);3-4H2,1H3,(H,5,6). The van der Waals surface area contributed by atoms with Gasteiger partial charge in [0.25, 0.3) is 0 Å². The van der Waals surface area contributed by atoms with Gasteiger partial charge in [0.2, 0.25) is 5.88 Å². The van der Waals surface area contributed by atoms with Crippen molar-refractivity contribution in [2.75, 3.05) is 10.2 Å². The Morgan fingerprint density at radius 2 is 1.91 bits per heavy atom. The van der Waals surface area contributed by atoms with Crippen LogP contribution in [-0.2, 0) is 0 Å². The predicted molar refractivity (Wildman–Crippen MR) is 130 cm³/mol. The highest BCUT2D eigenvalue weighted by molar-refractivity contribution is 6.03. The van der Waals surface area contributed by atoms with Crippen molar-refractivity contribution >= 4 is 23.2 Å². The Hall–Kier alpha value is -3.47. The zero-order valence-corrected chi connectivity index (χ0v) is 19.9. The molecule has 1 aliphatic carbocycles. The number of hydrogen-bond acceptors (Lipinski definition) is 6. The van der Waals surface area contributed by atoms with Gasteiger partial charge in [-0.05, 0) is 62.8 Å². The van der Waals surface area contributed by atoms with Crippen LogP contribution in [0, 0.1) is 6.92 Å². The van der Waals surface area contributed by atoms with Crippen molar-refractivity contribution in [1.82, 2.24) is 10.4 Å². The molecule has 1 heterocycles. The Labute approximate surface area is 198 Å². The van der Waals surface area contributed by atoms with Crippen LogP contribution in [0.2, 0.25) is 0 Å². The molecule has 9 nitrogen and oxygen atoms in total. The molecular formula is C23H33F2N7O2. The van der Waals surface area contributed by atoms with Crippen LogP contribution in [0.5, 0.6) is 5.88 Å². The van der Waals surface area contributed by atoms with Gasteiger partial charge in [0, 0.05) is 17.4 Å². The van der Waals surface area contributed by atoms with E-state index in [9.17, 15) is 13.6 Å². The number of nitrogens with zero attached hydrogens (tertiary/aromatic N) is 3. The van der Waals surface area contributed by atoms with Gasteiger partial charge in [-0.1, -0.05) is 32.0 Å². The van der Waals surface area contributed by atoms with E-state index in [-0.39, 0.29) is 29.6 Å². The van der Waals surface area contributed by atoms with E-state index in [2.05, 4.69) is 39.4 Å². The van der Waals surface area contributed by atoms with Gasteiger partial charge in [-0.15, -0.1) is 0 Å². The number of nitrogens with one attached hydrogen (secondary N) is 2. The van der Waals surface area contributed by atoms with E-state index in [0.717, 1.165) is 30.5 Å². The van der Waals surface area contributed by atoms with Gasteiger partial charge in [-0.25, -0.2) is 15.6 Å². The third-order valence-electron chi connectivity index (χ3n) is 5.32. The fraction of sp³-hybridized carbons (Fsp3) is 0.435. The molecule has 0 aliphatic heterocycles. The number of rotatable bonds is 6. The second-order valence-corrected chi connectivity index (χ2v) is 8.14. The topological polar surface area (TPSA) is 131 Å². The van der Waals surface area contributed by atoms with Crippen molar-refractivity contribution in [1.29, 1.82) is 0 Å². The Morgan fingerprint density at radius 1 is 1.24 bits per heavy atom. The number of benzene rings is 1. The van der Waals surface area contributed by atoms with Crippen LogP contribution in [0.3, 0.4) is 0 Å². The van der Waals surface area contributed by atoms with Crippen molar-refractivity contribution in [3.63, 3.8) is 0 Å². The molecule has 1 aromatic heterocycles. The lowest BCUT2D eigenvalue weighted by Gasteiger charge is -2.39. The molecule has 11 heteroatoms. The first-order valence-corrected chi connectivity index (χ1v) is 11.0. The summed E-state index contributed by atoms with van der Waals surface area (Å²) in [4.78, 5) is 18.9. The molecule has 186 valence electrons. The zero-order chi connectivity index (χ0) is 25.3. The molecule has 3 rings (SSSR count). The number of pyridine rings is 1. The number of hydrogen-bond donors (Lipinski definition) is 4. The number of aryl methyl sites for hydroxylation is 1. The van der Waals surface area contributed by atoms with E-state index < -0.39 is 6.61 Å². The normalized spacial score (nSPS) is 13.6. The molecule has 0 saturated heterocycles. The molecule has 1 fully saturated rings. The molecule has 0 radical (unpaired) electrons. The van der Waals surface area contributed by atoms with Gasteiger partial charge in [-0.2, -0.15) is 13.9 Å². The van der Waals surface area contributed by atoms with E-state index in [1.54, 1.807) is 24.8 Å². The van der Waals surface area contributed by atoms with Gasteiger partial charge in [0.15, 0.2) is 0 Å². The smallest absolute Gasteiger partial charge is 0.388 e. The lowest BCUT2D eigenvalue weighted by atomic mass is 9.90. The van der Waals surface area contributed by atoms with Crippen LogP contribution in [0.1, 0.15) is 57.2 Å². The number of ether oxygens (including phenoxy) is 1. The van der Waals surface area contributed by atoms with E-state index >= 15 is 0 Å². The second kappa shape index (κ2) is 12.7. The molecule has 0 unspecified atom stereocenters. The number of alkyl halides is 2. The summed E-state index contributed by atoms with van der Waals surface area (Å²) in [6, 6.07) is 10.7. The summed E-state index contributed by atoms with van der Waals surface area (Å²) in [7, 11) is 0. The highest BCUT2D eigenvalue weighted by Crippen LogP contribution is 2.35. The summed E-state index contributed by atoms with van der Waals surface area (Å²) < 4.78 is 30.0. The van der Waals surface area contributed by atoms with Gasteiger partial charge < -0.3 is 21.3 Å². The second-order valence-electron chi connectivity index (χ2n) is 8.14. The predicted octanol–water partition coefficient (Wildman–Crippen LogP) is 4.45. The molecule has 1 aliphatic rings. The summed E-state index contributed by atoms with van der Waals surface area (Å²) in [6.45, 7) is 4.47. The number of para-hydroxylation sites is 1. The van der Waals surface area contributed by atoms with E-state index in [1.807, 2.05) is 24.3 Å². The number of urea groups is 1. The minimum atomic E-state index is -3.02. The van der Waals surface area contributed by atoms with Crippen molar-refractivity contribution in [3.8, 4) is 5.88 Å². The van der Waals surface area contributed by atoms with Crippen LogP contribution >= 0.6 is 0 Å². The number of amidine groups is 1. The quantitative estimate of drug-likeness (QED) is 0.210. The summed E-state index contributed by atoms with van der Waals surface area (Å²) >= 11 is 0. The first-order chi connectivity index (χ1) is 16.2. The van der Waals surface area contributed by atoms with Crippen LogP contribution < -0.4 is 32.1 Å². The van der Waals surface area contributed by atoms with Crippen LogP contribution in [0.25, 0.3) is 0 Å². The first kappa shape index (κ1) is 26.8. The van der Waals surface area contributed by atoms with Gasteiger partial charge >= 0.3 is 12.6 Å². The molecule has 0 bridgehead atoms. The van der Waals surface area contributed by atoms with Crippen molar-refractivity contribution in [2.24, 2.45) is 16.8 Å². The molecule has 2 amide bonds. The summed E-state index contributed by atoms with van der Waals surface area (Å²) in [5.41, 5.74) is 4.80. The monoisotopic (exact) mass is 477 g/mol. The fourth-order valence-corrected chi connectivity index (χ4v) is 3.33. The molecule has 0 spiro atoms. The number of hydrazone groups is 1. The van der Waals surface area contributed by atoms with Crippen molar-refractivity contribution < 1.29 is 18.3 Å². The number of halogens is 2.